The first kappa shape index (κ1) is 7.05. The molecule has 2 N–H and O–H groups in total. The Hall–Kier alpha value is -1.62. The third-order valence-electron chi connectivity index (χ3n) is 1.57. The molecule has 0 aliphatic rings. The fourth-order valence-electron chi connectivity index (χ4n) is 0.991. The lowest BCUT2D eigenvalue weighted by molar-refractivity contribution is 0.195. The summed E-state index contributed by atoms with van der Waals surface area (Å²) >= 11 is 0. The van der Waals surface area contributed by atoms with Gasteiger partial charge in [0.15, 0.2) is 0 Å². The van der Waals surface area contributed by atoms with Crippen molar-refractivity contribution in [2.45, 2.75) is 6.73 Å². The van der Waals surface area contributed by atoms with Crippen LogP contribution in [0.15, 0.2) is 24.9 Å². The van der Waals surface area contributed by atoms with Crippen LogP contribution >= 0.6 is 0 Å². The molecule has 2 aromatic rings. The summed E-state index contributed by atoms with van der Waals surface area (Å²) in [7, 11) is 0. The first-order valence-electron chi connectivity index (χ1n) is 3.52. The Morgan fingerprint density at radius 3 is 3.08 bits per heavy atom. The second-order valence-electron chi connectivity index (χ2n) is 2.36. The Kier molecular flexibility index (Phi) is 1.64. The van der Waals surface area contributed by atoms with Crippen LogP contribution in [0.5, 0.6) is 0 Å². The summed E-state index contributed by atoms with van der Waals surface area (Å²) < 4.78 is 1.43. The molecule has 5 heteroatoms. The van der Waals surface area contributed by atoms with E-state index in [-0.39, 0.29) is 6.73 Å². The van der Waals surface area contributed by atoms with Crippen LogP contribution in [0.3, 0.4) is 0 Å². The molecule has 2 heterocycles. The predicted octanol–water partition coefficient (Wildman–Crippen LogP) is 0.223. The molecule has 0 aliphatic heterocycles. The second kappa shape index (κ2) is 2.78. The lowest BCUT2D eigenvalue weighted by atomic mass is 10.3. The minimum Gasteiger partial charge on any atom is -0.374 e. The van der Waals surface area contributed by atoms with Crippen molar-refractivity contribution in [3.63, 3.8) is 0 Å². The van der Waals surface area contributed by atoms with Crippen LogP contribution < -0.4 is 0 Å². The zero-order chi connectivity index (χ0) is 8.39. The zero-order valence-corrected chi connectivity index (χ0v) is 6.31. The quantitative estimate of drug-likeness (QED) is 0.667. The largest absolute Gasteiger partial charge is 0.374 e. The standard InChI is InChI=1S/C7H8N4O/c12-5-11-3-6(1-10-11)7-2-8-4-9-7/h1-4,12H,5H2,(H,8,9). The Morgan fingerprint density at radius 1 is 1.58 bits per heavy atom. The van der Waals surface area contributed by atoms with Crippen LogP contribution in [0.4, 0.5) is 0 Å². The zero-order valence-electron chi connectivity index (χ0n) is 6.31. The number of imidazole rings is 1. The van der Waals surface area contributed by atoms with Crippen molar-refractivity contribution in [1.82, 2.24) is 19.7 Å². The highest BCUT2D eigenvalue weighted by Gasteiger charge is 2.01. The maximum atomic E-state index is 8.72. The van der Waals surface area contributed by atoms with E-state index >= 15 is 0 Å². The van der Waals surface area contributed by atoms with Crippen LogP contribution in [0.2, 0.25) is 0 Å². The van der Waals surface area contributed by atoms with Crippen molar-refractivity contribution >= 4 is 0 Å². The minimum absolute atomic E-state index is 0.107. The van der Waals surface area contributed by atoms with Gasteiger partial charge in [-0.05, 0) is 0 Å². The number of aromatic nitrogens is 4. The van der Waals surface area contributed by atoms with Crippen molar-refractivity contribution in [3.05, 3.63) is 24.9 Å². The summed E-state index contributed by atoms with van der Waals surface area (Å²) in [5, 5.41) is 12.6. The summed E-state index contributed by atoms with van der Waals surface area (Å²) in [6.07, 6.45) is 6.77. The lowest BCUT2D eigenvalue weighted by Gasteiger charge is -1.89. The van der Waals surface area contributed by atoms with E-state index in [9.17, 15) is 0 Å². The number of aliphatic hydroxyl groups excluding tert-OH is 1. The van der Waals surface area contributed by atoms with Crippen LogP contribution in [-0.2, 0) is 6.73 Å². The Balaban J connectivity index is 2.35. The monoisotopic (exact) mass is 164 g/mol. The third-order valence-corrected chi connectivity index (χ3v) is 1.57. The summed E-state index contributed by atoms with van der Waals surface area (Å²) in [4.78, 5) is 6.89. The molecule has 2 rings (SSSR count). The molecule has 0 aliphatic carbocycles. The molecule has 0 saturated heterocycles. The molecule has 0 fully saturated rings. The fourth-order valence-corrected chi connectivity index (χ4v) is 0.991. The Morgan fingerprint density at radius 2 is 2.50 bits per heavy atom. The van der Waals surface area contributed by atoms with Crippen LogP contribution in [-0.4, -0.2) is 24.9 Å². The van der Waals surface area contributed by atoms with Gasteiger partial charge in [-0.25, -0.2) is 9.67 Å². The molecule has 0 amide bonds. The van der Waals surface area contributed by atoms with E-state index < -0.39 is 0 Å². The van der Waals surface area contributed by atoms with Gasteiger partial charge in [-0.1, -0.05) is 0 Å². The average molecular weight is 164 g/mol. The van der Waals surface area contributed by atoms with Gasteiger partial charge in [0.2, 0.25) is 0 Å². The number of aromatic amines is 1. The molecule has 0 saturated carbocycles. The normalized spacial score (nSPS) is 10.4. The molecule has 0 atom stereocenters. The Labute approximate surface area is 68.7 Å². The average Bonchev–Trinajstić information content (AvgIpc) is 2.75. The molecule has 12 heavy (non-hydrogen) atoms. The second-order valence-corrected chi connectivity index (χ2v) is 2.36. The highest BCUT2D eigenvalue weighted by Crippen LogP contribution is 2.13. The number of nitrogens with one attached hydrogen (secondary N) is 1. The summed E-state index contributed by atoms with van der Waals surface area (Å²) in [5.41, 5.74) is 1.72. The molecule has 62 valence electrons. The van der Waals surface area contributed by atoms with E-state index in [0.29, 0.717) is 0 Å². The fraction of sp³-hybridized carbons (Fsp3) is 0.143. The van der Waals surface area contributed by atoms with Crippen LogP contribution in [0, 0.1) is 0 Å². The number of H-pyrrole nitrogens is 1. The maximum Gasteiger partial charge on any atom is 0.136 e. The van der Waals surface area contributed by atoms with Crippen molar-refractivity contribution in [3.8, 4) is 11.3 Å². The summed E-state index contributed by atoms with van der Waals surface area (Å²) in [5.74, 6) is 0. The van der Waals surface area contributed by atoms with Gasteiger partial charge < -0.3 is 10.1 Å². The van der Waals surface area contributed by atoms with Gasteiger partial charge in [0.25, 0.3) is 0 Å². The van der Waals surface area contributed by atoms with Gasteiger partial charge >= 0.3 is 0 Å². The van der Waals surface area contributed by atoms with Gasteiger partial charge in [0, 0.05) is 18.0 Å². The highest BCUT2D eigenvalue weighted by atomic mass is 16.3. The molecule has 0 bridgehead atoms. The summed E-state index contributed by atoms with van der Waals surface area (Å²) in [6.45, 7) is -0.107. The molecular weight excluding hydrogens is 156 g/mol. The first-order chi connectivity index (χ1) is 5.90. The number of nitrogens with zero attached hydrogens (tertiary/aromatic N) is 3. The summed E-state index contributed by atoms with van der Waals surface area (Å²) in [6, 6.07) is 0. The number of aliphatic hydroxyl groups is 1. The smallest absolute Gasteiger partial charge is 0.136 e. The topological polar surface area (TPSA) is 66.7 Å². The SMILES string of the molecule is OCn1cc(-c2c[nH]cn2)cn1. The van der Waals surface area contributed by atoms with Crippen molar-refractivity contribution in [2.24, 2.45) is 0 Å². The highest BCUT2D eigenvalue weighted by molar-refractivity contribution is 5.55. The van der Waals surface area contributed by atoms with Crippen molar-refractivity contribution in [2.75, 3.05) is 0 Å². The van der Waals surface area contributed by atoms with E-state index in [4.69, 9.17) is 5.11 Å². The maximum absolute atomic E-state index is 8.72. The van der Waals surface area contributed by atoms with Gasteiger partial charge in [-0.15, -0.1) is 0 Å². The first-order valence-corrected chi connectivity index (χ1v) is 3.52. The van der Waals surface area contributed by atoms with Gasteiger partial charge in [0.1, 0.15) is 6.73 Å². The van der Waals surface area contributed by atoms with E-state index in [1.165, 1.54) is 4.68 Å². The van der Waals surface area contributed by atoms with Gasteiger partial charge in [-0.2, -0.15) is 5.10 Å². The van der Waals surface area contributed by atoms with Gasteiger partial charge in [0.05, 0.1) is 18.2 Å². The number of rotatable bonds is 2. The number of hydrogen-bond acceptors (Lipinski definition) is 3. The van der Waals surface area contributed by atoms with E-state index in [1.807, 2.05) is 0 Å². The molecule has 0 radical (unpaired) electrons. The molecule has 2 aromatic heterocycles. The molecular formula is C7H8N4O. The van der Waals surface area contributed by atoms with Crippen LogP contribution in [0.1, 0.15) is 0 Å². The van der Waals surface area contributed by atoms with Crippen LogP contribution in [0.25, 0.3) is 11.3 Å². The van der Waals surface area contributed by atoms with E-state index in [0.717, 1.165) is 11.3 Å². The third kappa shape index (κ3) is 1.10. The van der Waals surface area contributed by atoms with Gasteiger partial charge in [-0.3, -0.25) is 0 Å². The molecule has 5 nitrogen and oxygen atoms in total. The molecule has 0 spiro atoms. The lowest BCUT2D eigenvalue weighted by Crippen LogP contribution is -1.94. The van der Waals surface area contributed by atoms with Crippen molar-refractivity contribution in [1.29, 1.82) is 0 Å². The molecule has 0 unspecified atom stereocenters. The van der Waals surface area contributed by atoms with Crippen molar-refractivity contribution < 1.29 is 5.11 Å². The predicted molar refractivity (Wildman–Crippen MR) is 42.0 cm³/mol. The Bertz CT molecular complexity index is 351. The van der Waals surface area contributed by atoms with E-state index in [1.54, 1.807) is 24.9 Å². The van der Waals surface area contributed by atoms with E-state index in [2.05, 4.69) is 15.1 Å². The minimum atomic E-state index is -0.107. The molecule has 0 aromatic carbocycles. The number of hydrogen-bond donors (Lipinski definition) is 2.